The van der Waals surface area contributed by atoms with Gasteiger partial charge in [0.25, 0.3) is 0 Å². The molecule has 0 spiro atoms. The van der Waals surface area contributed by atoms with Gasteiger partial charge in [-0.3, -0.25) is 4.89 Å². The Morgan fingerprint density at radius 1 is 1.22 bits per heavy atom. The van der Waals surface area contributed by atoms with Gasteiger partial charge in [0.05, 0.1) is 6.20 Å². The predicted octanol–water partition coefficient (Wildman–Crippen LogP) is -0.535. The number of hydrogen-bond acceptors (Lipinski definition) is 7. The molecular weight excluding hydrogens is 290 g/mol. The molecular formula is C5H6N4O7P2. The van der Waals surface area contributed by atoms with Crippen LogP contribution in [0.4, 0.5) is 0 Å². The van der Waals surface area contributed by atoms with E-state index in [0.29, 0.717) is 4.73 Å². The van der Waals surface area contributed by atoms with Crippen molar-refractivity contribution in [2.24, 2.45) is 0 Å². The first kappa shape index (κ1) is 13.1. The molecule has 0 saturated carbocycles. The monoisotopic (exact) mass is 296 g/mol. The Balaban J connectivity index is 2.29. The smallest absolute Gasteiger partial charge is 0.308 e. The van der Waals surface area contributed by atoms with Gasteiger partial charge in [-0.25, -0.2) is 24.1 Å². The first-order valence-electron chi connectivity index (χ1n) is 4.20. The summed E-state index contributed by atoms with van der Waals surface area (Å²) in [4.78, 5) is 37.0. The largest absolute Gasteiger partial charge is 0.555 e. The quantitative estimate of drug-likeness (QED) is 0.626. The van der Waals surface area contributed by atoms with E-state index in [1.54, 1.807) is 0 Å². The van der Waals surface area contributed by atoms with Gasteiger partial charge in [0.2, 0.25) is 0 Å². The summed E-state index contributed by atoms with van der Waals surface area (Å²) in [5.74, 6) is 0. The lowest BCUT2D eigenvalue weighted by Crippen LogP contribution is -2.09. The highest BCUT2D eigenvalue weighted by molar-refractivity contribution is 7.60. The molecule has 0 aliphatic carbocycles. The third-order valence-corrected chi connectivity index (χ3v) is 3.64. The fourth-order valence-electron chi connectivity index (χ4n) is 1.07. The molecule has 2 aromatic heterocycles. The SMILES string of the molecule is O=P(O)(O)OP(=O)(O)On1cnc2cncnc21. The zero-order chi connectivity index (χ0) is 13.4. The number of phosphoric acid groups is 2. The zero-order valence-electron chi connectivity index (χ0n) is 8.39. The van der Waals surface area contributed by atoms with Gasteiger partial charge < -0.3 is 14.4 Å². The van der Waals surface area contributed by atoms with Gasteiger partial charge in [0.1, 0.15) is 18.2 Å². The second-order valence-corrected chi connectivity index (χ2v) is 5.66. The second kappa shape index (κ2) is 4.39. The molecule has 0 radical (unpaired) electrons. The molecule has 0 aliphatic rings. The molecule has 2 aromatic rings. The van der Waals surface area contributed by atoms with Crippen LogP contribution in [0.25, 0.3) is 11.2 Å². The molecule has 98 valence electrons. The topological polar surface area (TPSA) is 157 Å². The number of rotatable bonds is 4. The lowest BCUT2D eigenvalue weighted by atomic mass is 10.6. The van der Waals surface area contributed by atoms with Crippen molar-refractivity contribution in [3.05, 3.63) is 18.9 Å². The van der Waals surface area contributed by atoms with E-state index >= 15 is 0 Å². The van der Waals surface area contributed by atoms with Crippen LogP contribution in [0.1, 0.15) is 0 Å². The molecule has 0 aromatic carbocycles. The maximum absolute atomic E-state index is 11.3. The van der Waals surface area contributed by atoms with Gasteiger partial charge in [-0.1, -0.05) is 0 Å². The number of imidazole rings is 1. The molecule has 2 heterocycles. The van der Waals surface area contributed by atoms with Gasteiger partial charge in [0.15, 0.2) is 5.65 Å². The minimum Gasteiger partial charge on any atom is -0.308 e. The maximum atomic E-state index is 11.3. The third-order valence-electron chi connectivity index (χ3n) is 1.58. The molecule has 11 nitrogen and oxygen atoms in total. The Morgan fingerprint density at radius 2 is 1.94 bits per heavy atom. The van der Waals surface area contributed by atoms with Crippen molar-refractivity contribution < 1.29 is 32.7 Å². The summed E-state index contributed by atoms with van der Waals surface area (Å²) in [5, 5.41) is 0. The number of aromatic nitrogens is 4. The summed E-state index contributed by atoms with van der Waals surface area (Å²) in [6.07, 6.45) is 3.43. The van der Waals surface area contributed by atoms with E-state index < -0.39 is 15.6 Å². The summed E-state index contributed by atoms with van der Waals surface area (Å²) in [6, 6.07) is 0. The van der Waals surface area contributed by atoms with E-state index in [9.17, 15) is 9.13 Å². The summed E-state index contributed by atoms with van der Waals surface area (Å²) in [6.45, 7) is 0. The van der Waals surface area contributed by atoms with E-state index in [1.165, 1.54) is 6.20 Å². The van der Waals surface area contributed by atoms with Crippen LogP contribution in [0.15, 0.2) is 18.9 Å². The average molecular weight is 296 g/mol. The van der Waals surface area contributed by atoms with Crippen LogP contribution in [0.3, 0.4) is 0 Å². The molecule has 0 saturated heterocycles. The maximum Gasteiger partial charge on any atom is 0.555 e. The summed E-state index contributed by atoms with van der Waals surface area (Å²) in [7, 11) is -10.2. The Hall–Kier alpha value is -1.35. The van der Waals surface area contributed by atoms with Crippen molar-refractivity contribution >= 4 is 26.8 Å². The number of hydrogen-bond donors (Lipinski definition) is 3. The van der Waals surface area contributed by atoms with Crippen molar-refractivity contribution in [1.29, 1.82) is 0 Å². The summed E-state index contributed by atoms with van der Waals surface area (Å²) in [5.41, 5.74) is 0.294. The van der Waals surface area contributed by atoms with E-state index in [4.69, 9.17) is 14.7 Å². The van der Waals surface area contributed by atoms with E-state index in [1.807, 2.05) is 0 Å². The van der Waals surface area contributed by atoms with Gasteiger partial charge in [-0.15, -0.1) is 4.73 Å². The van der Waals surface area contributed by atoms with Crippen LogP contribution in [0.2, 0.25) is 0 Å². The Bertz CT molecular complexity index is 665. The standard InChI is InChI=1S/C5H6N4O7P2/c10-17(11,12)16-18(13,14)15-9-3-8-4-1-6-2-7-5(4)9/h1-3H,(H,13,14)(H2,10,11,12). The van der Waals surface area contributed by atoms with Crippen LogP contribution < -0.4 is 4.62 Å². The highest BCUT2D eigenvalue weighted by Crippen LogP contribution is 2.55. The van der Waals surface area contributed by atoms with Crippen LogP contribution in [-0.4, -0.2) is 34.4 Å². The van der Waals surface area contributed by atoms with Crippen LogP contribution in [0.5, 0.6) is 0 Å². The normalized spacial score (nSPS) is 15.5. The molecule has 13 heteroatoms. The molecule has 1 unspecified atom stereocenters. The molecule has 0 amide bonds. The molecule has 3 N–H and O–H groups in total. The molecule has 1 atom stereocenters. The number of fused-ring (bicyclic) bond motifs is 1. The second-order valence-electron chi connectivity index (χ2n) is 2.92. The van der Waals surface area contributed by atoms with Gasteiger partial charge in [-0.05, 0) is 0 Å². The van der Waals surface area contributed by atoms with E-state index in [2.05, 4.69) is 23.9 Å². The average Bonchev–Trinajstić information content (AvgIpc) is 2.57. The fraction of sp³-hybridized carbons (Fsp3) is 0. The fourth-order valence-corrected chi connectivity index (χ4v) is 2.60. The summed E-state index contributed by atoms with van der Waals surface area (Å²) < 4.78 is 30.4. The van der Waals surface area contributed by atoms with Crippen molar-refractivity contribution in [3.8, 4) is 0 Å². The zero-order valence-corrected chi connectivity index (χ0v) is 10.2. The molecule has 2 rings (SSSR count). The first-order valence-corrected chi connectivity index (χ1v) is 7.22. The Morgan fingerprint density at radius 3 is 2.61 bits per heavy atom. The van der Waals surface area contributed by atoms with Crippen LogP contribution in [-0.2, 0) is 13.4 Å². The van der Waals surface area contributed by atoms with Gasteiger partial charge in [0, 0.05) is 0 Å². The van der Waals surface area contributed by atoms with Gasteiger partial charge >= 0.3 is 15.6 Å². The van der Waals surface area contributed by atoms with Crippen molar-refractivity contribution in [2.45, 2.75) is 0 Å². The van der Waals surface area contributed by atoms with E-state index in [-0.39, 0.29) is 11.2 Å². The van der Waals surface area contributed by atoms with Crippen molar-refractivity contribution in [2.75, 3.05) is 0 Å². The van der Waals surface area contributed by atoms with Gasteiger partial charge in [-0.2, -0.15) is 4.31 Å². The summed E-state index contributed by atoms with van der Waals surface area (Å²) >= 11 is 0. The minimum absolute atomic E-state index is 0.0357. The lowest BCUT2D eigenvalue weighted by Gasteiger charge is -2.12. The van der Waals surface area contributed by atoms with Crippen LogP contribution >= 0.6 is 15.6 Å². The molecule has 0 aliphatic heterocycles. The Kier molecular flexibility index (Phi) is 3.20. The molecule has 0 fully saturated rings. The highest BCUT2D eigenvalue weighted by atomic mass is 31.3. The Labute approximate surface area is 98.9 Å². The third kappa shape index (κ3) is 3.10. The van der Waals surface area contributed by atoms with E-state index in [0.717, 1.165) is 12.7 Å². The lowest BCUT2D eigenvalue weighted by molar-refractivity contribution is 0.168. The highest BCUT2D eigenvalue weighted by Gasteiger charge is 2.34. The van der Waals surface area contributed by atoms with Crippen molar-refractivity contribution in [1.82, 2.24) is 19.7 Å². The first-order chi connectivity index (χ1) is 8.27. The number of nitrogens with zero attached hydrogens (tertiary/aromatic N) is 4. The molecule has 0 bridgehead atoms. The van der Waals surface area contributed by atoms with Crippen molar-refractivity contribution in [3.63, 3.8) is 0 Å². The predicted molar refractivity (Wildman–Crippen MR) is 54.9 cm³/mol. The minimum atomic E-state index is -5.17. The van der Waals surface area contributed by atoms with Crippen LogP contribution in [0, 0.1) is 0 Å². The molecule has 18 heavy (non-hydrogen) atoms.